The third-order valence-electron chi connectivity index (χ3n) is 4.98. The van der Waals surface area contributed by atoms with Crippen LogP contribution in [-0.4, -0.2) is 44.6 Å². The number of halogens is 3. The normalized spacial score (nSPS) is 12.6. The molecule has 9 heteroatoms. The highest BCUT2D eigenvalue weighted by Gasteiger charge is 2.36. The first kappa shape index (κ1) is 23.8. The predicted molar refractivity (Wildman–Crippen MR) is 121 cm³/mol. The van der Waals surface area contributed by atoms with E-state index in [-0.39, 0.29) is 0 Å². The molecular weight excluding hydrogens is 441 g/mol. The van der Waals surface area contributed by atoms with Gasteiger partial charge in [-0.25, -0.2) is 8.42 Å². The molecule has 5 nitrogen and oxygen atoms in total. The lowest BCUT2D eigenvalue weighted by Crippen LogP contribution is -2.34. The summed E-state index contributed by atoms with van der Waals surface area (Å²) in [5.41, 5.74) is 1.90. The molecule has 0 bridgehead atoms. The standard InChI is InChI=1S/C22H23N2.CHF3O3S/c1-15-12-19(16-8-6-5-7-9-16)22-20(13-15)18-11-10-17(24(2,3)4)14-21(18)23-22;2-1(3,4)8(5,6)7/h5-14,23H,1-4H3;(H,5,6,7)/q+1;/p-1. The minimum absolute atomic E-state index is 0.815. The summed E-state index contributed by atoms with van der Waals surface area (Å²) in [4.78, 5) is 3.67. The van der Waals surface area contributed by atoms with E-state index in [1.165, 1.54) is 44.2 Å². The lowest BCUT2D eigenvalue weighted by molar-refractivity contribution is -0.0517. The fourth-order valence-electron chi connectivity index (χ4n) is 3.40. The Labute approximate surface area is 184 Å². The minimum atomic E-state index is -6.09. The fourth-order valence-corrected chi connectivity index (χ4v) is 3.40. The Hall–Kier alpha value is -2.88. The molecule has 0 aliphatic heterocycles. The molecule has 1 heterocycles. The van der Waals surface area contributed by atoms with Crippen molar-refractivity contribution in [2.45, 2.75) is 12.4 Å². The summed E-state index contributed by atoms with van der Waals surface area (Å²) in [6.45, 7) is 2.17. The van der Waals surface area contributed by atoms with Crippen LogP contribution < -0.4 is 4.48 Å². The van der Waals surface area contributed by atoms with Crippen molar-refractivity contribution in [3.05, 3.63) is 66.2 Å². The smallest absolute Gasteiger partial charge is 0.485 e. The number of hydrogen-bond donors (Lipinski definition) is 1. The number of benzene rings is 3. The van der Waals surface area contributed by atoms with E-state index < -0.39 is 15.6 Å². The van der Waals surface area contributed by atoms with Gasteiger partial charge in [-0.1, -0.05) is 30.3 Å². The number of aryl methyl sites for hydroxylation is 1. The second-order valence-corrected chi connectivity index (χ2v) is 9.74. The second-order valence-electron chi connectivity index (χ2n) is 8.37. The van der Waals surface area contributed by atoms with Crippen molar-refractivity contribution < 1.29 is 26.1 Å². The van der Waals surface area contributed by atoms with Gasteiger partial charge in [0, 0.05) is 22.4 Å². The van der Waals surface area contributed by atoms with E-state index in [0.29, 0.717) is 0 Å². The molecule has 0 unspecified atom stereocenters. The van der Waals surface area contributed by atoms with E-state index in [4.69, 9.17) is 13.0 Å². The van der Waals surface area contributed by atoms with Crippen LogP contribution in [0.1, 0.15) is 5.56 Å². The summed E-state index contributed by atoms with van der Waals surface area (Å²) in [5.74, 6) is 0. The number of fused-ring (bicyclic) bond motifs is 3. The molecule has 3 aromatic carbocycles. The first-order valence-electron chi connectivity index (χ1n) is 9.64. The number of quaternary nitrogens is 1. The van der Waals surface area contributed by atoms with Crippen LogP contribution in [-0.2, 0) is 10.1 Å². The lowest BCUT2D eigenvalue weighted by atomic mass is 9.99. The third kappa shape index (κ3) is 4.95. The van der Waals surface area contributed by atoms with Crippen molar-refractivity contribution in [1.29, 1.82) is 0 Å². The number of nitrogens with zero attached hydrogens (tertiary/aromatic N) is 1. The molecule has 0 saturated carbocycles. The SMILES string of the molecule is Cc1cc(-c2ccccc2)c2[nH]c3cc([N+](C)(C)C)ccc3c2c1.O=S(=O)([O-])C(F)(F)F. The van der Waals surface area contributed by atoms with Crippen molar-refractivity contribution in [2.24, 2.45) is 0 Å². The number of H-pyrrole nitrogens is 1. The van der Waals surface area contributed by atoms with E-state index in [1.807, 2.05) is 0 Å². The summed E-state index contributed by atoms with van der Waals surface area (Å²) in [6, 6.07) is 21.9. The molecule has 170 valence electrons. The highest BCUT2D eigenvalue weighted by Crippen LogP contribution is 2.36. The molecule has 4 rings (SSSR count). The number of hydrogen-bond acceptors (Lipinski definition) is 3. The van der Waals surface area contributed by atoms with Crippen LogP contribution in [0.5, 0.6) is 0 Å². The predicted octanol–water partition coefficient (Wildman–Crippen LogP) is 5.54. The molecule has 1 N–H and O–H groups in total. The first-order valence-corrected chi connectivity index (χ1v) is 11.0. The molecular formula is C23H23F3N2O3S. The highest BCUT2D eigenvalue weighted by atomic mass is 32.2. The van der Waals surface area contributed by atoms with Crippen molar-refractivity contribution in [3.63, 3.8) is 0 Å². The molecule has 0 radical (unpaired) electrons. The molecule has 0 fully saturated rings. The van der Waals surface area contributed by atoms with Crippen molar-refractivity contribution in [2.75, 3.05) is 21.1 Å². The van der Waals surface area contributed by atoms with Crippen LogP contribution >= 0.6 is 0 Å². The van der Waals surface area contributed by atoms with E-state index in [1.54, 1.807) is 0 Å². The van der Waals surface area contributed by atoms with E-state index in [2.05, 4.69) is 93.7 Å². The number of nitrogens with one attached hydrogen (secondary N) is 1. The molecule has 0 aliphatic rings. The summed E-state index contributed by atoms with van der Waals surface area (Å²) in [7, 11) is 0.503. The van der Waals surface area contributed by atoms with Crippen LogP contribution in [0, 0.1) is 6.92 Å². The van der Waals surface area contributed by atoms with Gasteiger partial charge in [-0.3, -0.25) is 4.48 Å². The second kappa shape index (κ2) is 8.23. The van der Waals surface area contributed by atoms with Gasteiger partial charge in [0.15, 0.2) is 10.1 Å². The molecule has 0 saturated heterocycles. The Morgan fingerprint density at radius 2 is 1.50 bits per heavy atom. The summed E-state index contributed by atoms with van der Waals surface area (Å²) in [6.07, 6.45) is 0. The third-order valence-corrected chi connectivity index (χ3v) is 5.55. The topological polar surface area (TPSA) is 73.0 Å². The first-order chi connectivity index (χ1) is 14.7. The molecule has 32 heavy (non-hydrogen) atoms. The van der Waals surface area contributed by atoms with E-state index >= 15 is 0 Å². The van der Waals surface area contributed by atoms with E-state index in [0.717, 1.165) is 4.48 Å². The maximum absolute atomic E-state index is 10.7. The van der Waals surface area contributed by atoms with Crippen molar-refractivity contribution in [3.8, 4) is 11.1 Å². The van der Waals surface area contributed by atoms with Gasteiger partial charge in [0.2, 0.25) is 0 Å². The van der Waals surface area contributed by atoms with Crippen LogP contribution in [0.2, 0.25) is 0 Å². The van der Waals surface area contributed by atoms with E-state index in [9.17, 15) is 13.2 Å². The molecule has 0 atom stereocenters. The fraction of sp³-hybridized carbons (Fsp3) is 0.217. The number of alkyl halides is 3. The van der Waals surface area contributed by atoms with Gasteiger partial charge >= 0.3 is 5.51 Å². The zero-order valence-corrected chi connectivity index (χ0v) is 18.8. The van der Waals surface area contributed by atoms with Gasteiger partial charge in [0.05, 0.1) is 32.2 Å². The number of rotatable bonds is 2. The summed E-state index contributed by atoms with van der Waals surface area (Å²) >= 11 is 0. The largest absolute Gasteiger partial charge is 0.741 e. The zero-order valence-electron chi connectivity index (χ0n) is 18.0. The Bertz CT molecular complexity index is 1370. The average molecular weight is 465 g/mol. The monoisotopic (exact) mass is 464 g/mol. The molecule has 0 spiro atoms. The van der Waals surface area contributed by atoms with Crippen molar-refractivity contribution >= 4 is 37.6 Å². The molecule has 4 aromatic rings. The molecule has 0 amide bonds. The summed E-state index contributed by atoms with van der Waals surface area (Å²) < 4.78 is 59.7. The lowest BCUT2D eigenvalue weighted by Gasteiger charge is -2.23. The number of aromatic nitrogens is 1. The maximum Gasteiger partial charge on any atom is 0.485 e. The maximum atomic E-state index is 10.7. The zero-order chi connectivity index (χ0) is 23.9. The van der Waals surface area contributed by atoms with Gasteiger partial charge in [-0.2, -0.15) is 13.2 Å². The van der Waals surface area contributed by atoms with Crippen molar-refractivity contribution in [1.82, 2.24) is 9.47 Å². The number of aromatic amines is 1. The Morgan fingerprint density at radius 3 is 2.03 bits per heavy atom. The quantitative estimate of drug-likeness (QED) is 0.240. The Balaban J connectivity index is 0.000000312. The molecule has 1 aromatic heterocycles. The van der Waals surface area contributed by atoms with Gasteiger partial charge in [0.25, 0.3) is 0 Å². The highest BCUT2D eigenvalue weighted by molar-refractivity contribution is 7.86. The average Bonchev–Trinajstić information content (AvgIpc) is 3.04. The van der Waals surface area contributed by atoms with Crippen LogP contribution in [0.3, 0.4) is 0 Å². The minimum Gasteiger partial charge on any atom is -0.741 e. The Morgan fingerprint density at radius 1 is 0.906 bits per heavy atom. The van der Waals surface area contributed by atoms with Crippen LogP contribution in [0.4, 0.5) is 18.9 Å². The van der Waals surface area contributed by atoms with Gasteiger partial charge in [-0.05, 0) is 42.3 Å². The Kier molecular flexibility index (Phi) is 6.12. The van der Waals surface area contributed by atoms with Gasteiger partial charge < -0.3 is 9.54 Å². The van der Waals surface area contributed by atoms with Crippen LogP contribution in [0.15, 0.2) is 60.7 Å². The van der Waals surface area contributed by atoms with Gasteiger partial charge in [-0.15, -0.1) is 0 Å². The van der Waals surface area contributed by atoms with Crippen LogP contribution in [0.25, 0.3) is 32.9 Å². The summed E-state index contributed by atoms with van der Waals surface area (Å²) in [5, 5.41) is 2.60. The molecule has 0 aliphatic carbocycles. The van der Waals surface area contributed by atoms with Gasteiger partial charge in [0.1, 0.15) is 5.69 Å².